The SMILES string of the molecule is NCCc1ccccc1C(=O)c1ccoc1. The summed E-state index contributed by atoms with van der Waals surface area (Å²) < 4.78 is 4.91. The molecule has 0 atom stereocenters. The van der Waals surface area contributed by atoms with Crippen molar-refractivity contribution >= 4 is 5.78 Å². The van der Waals surface area contributed by atoms with Crippen LogP contribution >= 0.6 is 0 Å². The van der Waals surface area contributed by atoms with Crippen molar-refractivity contribution in [1.82, 2.24) is 0 Å². The highest BCUT2D eigenvalue weighted by Crippen LogP contribution is 2.15. The van der Waals surface area contributed by atoms with Gasteiger partial charge in [-0.3, -0.25) is 4.79 Å². The molecule has 0 aliphatic rings. The third-order valence-electron chi connectivity index (χ3n) is 2.46. The molecule has 3 heteroatoms. The van der Waals surface area contributed by atoms with E-state index in [1.54, 1.807) is 6.07 Å². The second-order valence-corrected chi connectivity index (χ2v) is 3.54. The number of furan rings is 1. The minimum Gasteiger partial charge on any atom is -0.472 e. The van der Waals surface area contributed by atoms with Gasteiger partial charge in [-0.15, -0.1) is 0 Å². The fourth-order valence-corrected chi connectivity index (χ4v) is 1.66. The average Bonchev–Trinajstić information content (AvgIpc) is 2.83. The molecule has 2 N–H and O–H groups in total. The number of ketones is 1. The zero-order chi connectivity index (χ0) is 11.4. The van der Waals surface area contributed by atoms with Crippen LogP contribution in [0.15, 0.2) is 47.3 Å². The number of rotatable bonds is 4. The van der Waals surface area contributed by atoms with Crippen molar-refractivity contribution in [3.05, 3.63) is 59.5 Å². The molecule has 82 valence electrons. The van der Waals surface area contributed by atoms with Crippen molar-refractivity contribution < 1.29 is 9.21 Å². The summed E-state index contributed by atoms with van der Waals surface area (Å²) in [5.74, 6) is -0.0159. The lowest BCUT2D eigenvalue weighted by molar-refractivity contribution is 0.103. The lowest BCUT2D eigenvalue weighted by Crippen LogP contribution is -2.09. The van der Waals surface area contributed by atoms with Crippen LogP contribution in [0.3, 0.4) is 0 Å². The molecule has 1 aromatic carbocycles. The summed E-state index contributed by atoms with van der Waals surface area (Å²) in [7, 11) is 0. The molecule has 2 rings (SSSR count). The van der Waals surface area contributed by atoms with E-state index < -0.39 is 0 Å². The van der Waals surface area contributed by atoms with Crippen LogP contribution in [0, 0.1) is 0 Å². The molecule has 2 aromatic rings. The van der Waals surface area contributed by atoms with Crippen LogP contribution in [0.25, 0.3) is 0 Å². The van der Waals surface area contributed by atoms with E-state index in [0.717, 1.165) is 5.56 Å². The second kappa shape index (κ2) is 4.77. The van der Waals surface area contributed by atoms with Crippen LogP contribution in [0.5, 0.6) is 0 Å². The Morgan fingerprint density at radius 1 is 1.25 bits per heavy atom. The Bertz CT molecular complexity index is 474. The Hall–Kier alpha value is -1.87. The monoisotopic (exact) mass is 215 g/mol. The minimum atomic E-state index is -0.0159. The van der Waals surface area contributed by atoms with E-state index in [-0.39, 0.29) is 5.78 Å². The highest BCUT2D eigenvalue weighted by molar-refractivity contribution is 6.09. The molecule has 0 aliphatic heterocycles. The predicted molar refractivity (Wildman–Crippen MR) is 61.3 cm³/mol. The number of carbonyl (C=O) groups excluding carboxylic acids is 1. The third-order valence-corrected chi connectivity index (χ3v) is 2.46. The normalized spacial score (nSPS) is 10.3. The number of hydrogen-bond acceptors (Lipinski definition) is 3. The van der Waals surface area contributed by atoms with E-state index in [4.69, 9.17) is 10.2 Å². The Kier molecular flexibility index (Phi) is 3.17. The Balaban J connectivity index is 2.36. The quantitative estimate of drug-likeness (QED) is 0.794. The molecular weight excluding hydrogens is 202 g/mol. The van der Waals surface area contributed by atoms with Crippen LogP contribution in [0.2, 0.25) is 0 Å². The van der Waals surface area contributed by atoms with Crippen LogP contribution in [-0.2, 0) is 6.42 Å². The topological polar surface area (TPSA) is 56.2 Å². The average molecular weight is 215 g/mol. The summed E-state index contributed by atoms with van der Waals surface area (Å²) in [6.45, 7) is 0.537. The van der Waals surface area contributed by atoms with Gasteiger partial charge in [-0.05, 0) is 24.6 Å². The maximum Gasteiger partial charge on any atom is 0.196 e. The fraction of sp³-hybridized carbons (Fsp3) is 0.154. The molecular formula is C13H13NO2. The number of nitrogens with two attached hydrogens (primary N) is 1. The Labute approximate surface area is 93.9 Å². The van der Waals surface area contributed by atoms with E-state index >= 15 is 0 Å². The van der Waals surface area contributed by atoms with E-state index in [1.165, 1.54) is 12.5 Å². The first-order chi connectivity index (χ1) is 7.83. The first-order valence-corrected chi connectivity index (χ1v) is 5.18. The molecule has 0 fully saturated rings. The zero-order valence-corrected chi connectivity index (χ0v) is 8.85. The summed E-state index contributed by atoms with van der Waals surface area (Å²) in [6.07, 6.45) is 3.67. The van der Waals surface area contributed by atoms with Crippen molar-refractivity contribution in [3.8, 4) is 0 Å². The standard InChI is InChI=1S/C13H13NO2/c14-7-5-10-3-1-2-4-12(10)13(15)11-6-8-16-9-11/h1-4,6,8-9H,5,7,14H2. The van der Waals surface area contributed by atoms with Crippen molar-refractivity contribution in [1.29, 1.82) is 0 Å². The highest BCUT2D eigenvalue weighted by Gasteiger charge is 2.13. The van der Waals surface area contributed by atoms with Gasteiger partial charge in [0, 0.05) is 5.56 Å². The van der Waals surface area contributed by atoms with E-state index in [1.807, 2.05) is 24.3 Å². The molecule has 0 radical (unpaired) electrons. The molecule has 0 unspecified atom stereocenters. The molecule has 3 nitrogen and oxygen atoms in total. The number of carbonyl (C=O) groups is 1. The van der Waals surface area contributed by atoms with Gasteiger partial charge in [0.2, 0.25) is 0 Å². The Morgan fingerprint density at radius 2 is 2.06 bits per heavy atom. The smallest absolute Gasteiger partial charge is 0.196 e. The van der Waals surface area contributed by atoms with Crippen LogP contribution in [0.4, 0.5) is 0 Å². The van der Waals surface area contributed by atoms with Gasteiger partial charge >= 0.3 is 0 Å². The molecule has 0 saturated heterocycles. The van der Waals surface area contributed by atoms with Gasteiger partial charge in [0.25, 0.3) is 0 Å². The van der Waals surface area contributed by atoms with Gasteiger partial charge in [-0.1, -0.05) is 24.3 Å². The summed E-state index contributed by atoms with van der Waals surface area (Å²) in [4.78, 5) is 12.1. The van der Waals surface area contributed by atoms with Crippen LogP contribution < -0.4 is 5.73 Å². The maximum absolute atomic E-state index is 12.1. The predicted octanol–water partition coefficient (Wildman–Crippen LogP) is 2.01. The largest absolute Gasteiger partial charge is 0.472 e. The van der Waals surface area contributed by atoms with Crippen molar-refractivity contribution in [2.75, 3.05) is 6.54 Å². The van der Waals surface area contributed by atoms with E-state index in [0.29, 0.717) is 24.1 Å². The highest BCUT2D eigenvalue weighted by atomic mass is 16.3. The molecule has 0 bridgehead atoms. The summed E-state index contributed by atoms with van der Waals surface area (Å²) in [5.41, 5.74) is 7.78. The third kappa shape index (κ3) is 2.04. The lowest BCUT2D eigenvalue weighted by Gasteiger charge is -2.05. The number of hydrogen-bond donors (Lipinski definition) is 1. The molecule has 0 spiro atoms. The summed E-state index contributed by atoms with van der Waals surface area (Å²) in [6, 6.07) is 9.19. The van der Waals surface area contributed by atoms with Gasteiger partial charge in [0.15, 0.2) is 5.78 Å². The van der Waals surface area contributed by atoms with Crippen molar-refractivity contribution in [3.63, 3.8) is 0 Å². The molecule has 1 heterocycles. The molecule has 1 aromatic heterocycles. The fourth-order valence-electron chi connectivity index (χ4n) is 1.66. The van der Waals surface area contributed by atoms with Crippen LogP contribution in [0.1, 0.15) is 21.5 Å². The first-order valence-electron chi connectivity index (χ1n) is 5.18. The lowest BCUT2D eigenvalue weighted by atomic mass is 9.98. The molecule has 0 saturated carbocycles. The first kappa shape index (κ1) is 10.6. The van der Waals surface area contributed by atoms with E-state index in [2.05, 4.69) is 0 Å². The van der Waals surface area contributed by atoms with Gasteiger partial charge < -0.3 is 10.2 Å². The molecule has 0 amide bonds. The van der Waals surface area contributed by atoms with Crippen molar-refractivity contribution in [2.24, 2.45) is 5.73 Å². The van der Waals surface area contributed by atoms with Gasteiger partial charge in [-0.2, -0.15) is 0 Å². The van der Waals surface area contributed by atoms with Gasteiger partial charge in [-0.25, -0.2) is 0 Å². The molecule has 16 heavy (non-hydrogen) atoms. The van der Waals surface area contributed by atoms with Crippen molar-refractivity contribution in [2.45, 2.75) is 6.42 Å². The number of benzene rings is 1. The van der Waals surface area contributed by atoms with Gasteiger partial charge in [0.1, 0.15) is 6.26 Å². The van der Waals surface area contributed by atoms with Crippen LogP contribution in [-0.4, -0.2) is 12.3 Å². The maximum atomic E-state index is 12.1. The van der Waals surface area contributed by atoms with E-state index in [9.17, 15) is 4.79 Å². The zero-order valence-electron chi connectivity index (χ0n) is 8.85. The Morgan fingerprint density at radius 3 is 2.75 bits per heavy atom. The minimum absolute atomic E-state index is 0.0159. The molecule has 0 aliphatic carbocycles. The summed E-state index contributed by atoms with van der Waals surface area (Å²) >= 11 is 0. The second-order valence-electron chi connectivity index (χ2n) is 3.54. The van der Waals surface area contributed by atoms with Gasteiger partial charge in [0.05, 0.1) is 11.8 Å². The summed E-state index contributed by atoms with van der Waals surface area (Å²) in [5, 5.41) is 0.